The average Bonchev–Trinajstić information content (AvgIpc) is 2.91. The van der Waals surface area contributed by atoms with Crippen LogP contribution in [-0.2, 0) is 9.53 Å². The quantitative estimate of drug-likeness (QED) is 0.865. The summed E-state index contributed by atoms with van der Waals surface area (Å²) < 4.78 is 10.3. The summed E-state index contributed by atoms with van der Waals surface area (Å²) in [4.78, 5) is 25.4. The first-order valence-electron chi connectivity index (χ1n) is 6.34. The maximum atomic E-state index is 12.5. The number of methoxy groups -OCH3 is 2. The van der Waals surface area contributed by atoms with Crippen LogP contribution in [0.2, 0.25) is 0 Å². The molecule has 20 heavy (non-hydrogen) atoms. The minimum atomic E-state index is -0.626. The zero-order valence-electron chi connectivity index (χ0n) is 11.5. The van der Waals surface area contributed by atoms with E-state index in [0.29, 0.717) is 24.3 Å². The van der Waals surface area contributed by atoms with Crippen LogP contribution in [-0.4, -0.2) is 49.6 Å². The molecule has 1 aromatic carbocycles. The fourth-order valence-corrected chi connectivity index (χ4v) is 2.38. The molecule has 0 aliphatic carbocycles. The molecule has 1 aliphatic rings. The predicted octanol–water partition coefficient (Wildman–Crippen LogP) is 0.410. The highest BCUT2D eigenvalue weighted by molar-refractivity contribution is 5.98. The van der Waals surface area contributed by atoms with Crippen molar-refractivity contribution in [2.24, 2.45) is 5.73 Å². The molecule has 108 valence electrons. The fraction of sp³-hybridized carbons (Fsp3) is 0.429. The van der Waals surface area contributed by atoms with Crippen molar-refractivity contribution in [3.05, 3.63) is 29.8 Å². The number of benzene rings is 1. The molecule has 2 atom stereocenters. The second-order valence-corrected chi connectivity index (χ2v) is 4.70. The molecule has 0 bridgehead atoms. The highest BCUT2D eigenvalue weighted by Gasteiger charge is 2.39. The fourth-order valence-electron chi connectivity index (χ4n) is 2.38. The molecule has 1 aromatic rings. The van der Waals surface area contributed by atoms with Crippen molar-refractivity contribution in [3.63, 3.8) is 0 Å². The Labute approximate surface area is 117 Å². The molecule has 2 rings (SSSR count). The molecule has 0 aromatic heterocycles. The number of carbonyl (C=O) groups is 2. The molecule has 1 heterocycles. The first kappa shape index (κ1) is 14.3. The number of likely N-dealkylation sites (tertiary alicyclic amines) is 1. The third-order valence-electron chi connectivity index (χ3n) is 3.50. The summed E-state index contributed by atoms with van der Waals surface area (Å²) in [6.45, 7) is 0.361. The smallest absolute Gasteiger partial charge is 0.254 e. The third kappa shape index (κ3) is 2.75. The van der Waals surface area contributed by atoms with Gasteiger partial charge in [-0.15, -0.1) is 0 Å². The molecule has 0 unspecified atom stereocenters. The van der Waals surface area contributed by atoms with E-state index in [1.807, 2.05) is 0 Å². The van der Waals surface area contributed by atoms with E-state index in [-0.39, 0.29) is 12.0 Å². The van der Waals surface area contributed by atoms with Gasteiger partial charge in [0.1, 0.15) is 11.8 Å². The summed E-state index contributed by atoms with van der Waals surface area (Å²) in [6, 6.07) is 6.18. The molecule has 0 spiro atoms. The van der Waals surface area contributed by atoms with E-state index in [4.69, 9.17) is 15.2 Å². The zero-order valence-corrected chi connectivity index (χ0v) is 11.5. The second-order valence-electron chi connectivity index (χ2n) is 4.70. The lowest BCUT2D eigenvalue weighted by Gasteiger charge is -2.22. The standard InChI is InChI=1S/C14H18N2O4/c1-19-10-5-3-4-9(6-10)14(18)16-8-11(20-2)7-12(16)13(15)17/h3-6,11-12H,7-8H2,1-2H3,(H2,15,17)/t11-,12-/m0/s1. The highest BCUT2D eigenvalue weighted by Crippen LogP contribution is 2.23. The van der Waals surface area contributed by atoms with Gasteiger partial charge in [-0.05, 0) is 18.2 Å². The van der Waals surface area contributed by atoms with Crippen molar-refractivity contribution < 1.29 is 19.1 Å². The lowest BCUT2D eigenvalue weighted by Crippen LogP contribution is -2.43. The Morgan fingerprint density at radius 2 is 2.10 bits per heavy atom. The summed E-state index contributed by atoms with van der Waals surface area (Å²) in [6.07, 6.45) is 0.267. The van der Waals surface area contributed by atoms with Crippen LogP contribution in [0.15, 0.2) is 24.3 Å². The number of nitrogens with two attached hydrogens (primary N) is 1. The number of carbonyl (C=O) groups excluding carboxylic acids is 2. The Morgan fingerprint density at radius 3 is 2.70 bits per heavy atom. The summed E-state index contributed by atoms with van der Waals surface area (Å²) in [5.74, 6) is -0.165. The SMILES string of the molecule is COc1cccc(C(=O)N2C[C@@H](OC)C[C@H]2C(N)=O)c1. The van der Waals surface area contributed by atoms with Crippen LogP contribution in [0.4, 0.5) is 0 Å². The monoisotopic (exact) mass is 278 g/mol. The van der Waals surface area contributed by atoms with Crippen LogP contribution in [0, 0.1) is 0 Å². The Morgan fingerprint density at radius 1 is 1.35 bits per heavy atom. The Hall–Kier alpha value is -2.08. The van der Waals surface area contributed by atoms with Crippen molar-refractivity contribution in [1.82, 2.24) is 4.90 Å². The largest absolute Gasteiger partial charge is 0.497 e. The molecule has 2 N–H and O–H groups in total. The number of hydrogen-bond donors (Lipinski definition) is 1. The van der Waals surface area contributed by atoms with Crippen molar-refractivity contribution >= 4 is 11.8 Å². The maximum absolute atomic E-state index is 12.5. The van der Waals surface area contributed by atoms with Gasteiger partial charge in [0.05, 0.1) is 13.2 Å². The van der Waals surface area contributed by atoms with E-state index >= 15 is 0 Å². The van der Waals surface area contributed by atoms with E-state index < -0.39 is 11.9 Å². The topological polar surface area (TPSA) is 81.9 Å². The first-order valence-corrected chi connectivity index (χ1v) is 6.34. The number of primary amides is 1. The van der Waals surface area contributed by atoms with Gasteiger partial charge in [-0.3, -0.25) is 9.59 Å². The highest BCUT2D eigenvalue weighted by atomic mass is 16.5. The van der Waals surface area contributed by atoms with Gasteiger partial charge in [0, 0.05) is 25.6 Å². The van der Waals surface area contributed by atoms with Gasteiger partial charge in [0.2, 0.25) is 5.91 Å². The van der Waals surface area contributed by atoms with Gasteiger partial charge in [0.15, 0.2) is 0 Å². The van der Waals surface area contributed by atoms with E-state index in [2.05, 4.69) is 0 Å². The average molecular weight is 278 g/mol. The van der Waals surface area contributed by atoms with Crippen LogP contribution in [0.1, 0.15) is 16.8 Å². The van der Waals surface area contributed by atoms with Crippen molar-refractivity contribution in [1.29, 1.82) is 0 Å². The van der Waals surface area contributed by atoms with E-state index in [1.165, 1.54) is 12.0 Å². The van der Waals surface area contributed by atoms with Crippen LogP contribution in [0.5, 0.6) is 5.75 Å². The second kappa shape index (κ2) is 5.92. The van der Waals surface area contributed by atoms with Crippen molar-refractivity contribution in [2.45, 2.75) is 18.6 Å². The Bertz CT molecular complexity index is 518. The molecule has 6 nitrogen and oxygen atoms in total. The molecule has 0 radical (unpaired) electrons. The predicted molar refractivity (Wildman–Crippen MR) is 72.4 cm³/mol. The first-order chi connectivity index (χ1) is 9.56. The van der Waals surface area contributed by atoms with E-state index in [1.54, 1.807) is 31.4 Å². The van der Waals surface area contributed by atoms with Gasteiger partial charge in [0.25, 0.3) is 5.91 Å². The van der Waals surface area contributed by atoms with E-state index in [0.717, 1.165) is 0 Å². The maximum Gasteiger partial charge on any atom is 0.254 e. The van der Waals surface area contributed by atoms with Gasteiger partial charge in [-0.25, -0.2) is 0 Å². The van der Waals surface area contributed by atoms with Crippen molar-refractivity contribution in [3.8, 4) is 5.75 Å². The van der Waals surface area contributed by atoms with Crippen LogP contribution < -0.4 is 10.5 Å². The minimum Gasteiger partial charge on any atom is -0.497 e. The van der Waals surface area contributed by atoms with Crippen LogP contribution in [0.25, 0.3) is 0 Å². The molecule has 0 saturated carbocycles. The molecule has 6 heteroatoms. The minimum absolute atomic E-state index is 0.165. The lowest BCUT2D eigenvalue weighted by atomic mass is 10.1. The zero-order chi connectivity index (χ0) is 14.7. The Balaban J connectivity index is 2.24. The van der Waals surface area contributed by atoms with Crippen LogP contribution in [0.3, 0.4) is 0 Å². The lowest BCUT2D eigenvalue weighted by molar-refractivity contribution is -0.121. The summed E-state index contributed by atoms with van der Waals surface area (Å²) in [7, 11) is 3.09. The number of ether oxygens (including phenoxy) is 2. The molecule has 1 saturated heterocycles. The molecular weight excluding hydrogens is 260 g/mol. The number of nitrogens with zero attached hydrogens (tertiary/aromatic N) is 1. The van der Waals surface area contributed by atoms with Gasteiger partial charge in [-0.1, -0.05) is 6.07 Å². The molecule has 2 amide bonds. The van der Waals surface area contributed by atoms with Crippen LogP contribution >= 0.6 is 0 Å². The molecule has 1 fully saturated rings. The van der Waals surface area contributed by atoms with Gasteiger partial charge >= 0.3 is 0 Å². The van der Waals surface area contributed by atoms with Crippen molar-refractivity contribution in [2.75, 3.05) is 20.8 Å². The summed E-state index contributed by atoms with van der Waals surface area (Å²) in [5, 5.41) is 0. The number of rotatable bonds is 4. The Kier molecular flexibility index (Phi) is 4.24. The normalized spacial score (nSPS) is 21.8. The summed E-state index contributed by atoms with van der Waals surface area (Å²) >= 11 is 0. The van der Waals surface area contributed by atoms with Gasteiger partial charge < -0.3 is 20.1 Å². The molecular formula is C14H18N2O4. The van der Waals surface area contributed by atoms with E-state index in [9.17, 15) is 9.59 Å². The third-order valence-corrected chi connectivity index (χ3v) is 3.50. The number of amides is 2. The van der Waals surface area contributed by atoms with Gasteiger partial charge in [-0.2, -0.15) is 0 Å². The summed E-state index contributed by atoms with van der Waals surface area (Å²) in [5.41, 5.74) is 5.83. The number of hydrogen-bond acceptors (Lipinski definition) is 4. The molecule has 1 aliphatic heterocycles.